The number of hydrogen-bond acceptors (Lipinski definition) is 2. The molecule has 0 fully saturated rings. The van der Waals surface area contributed by atoms with E-state index >= 15 is 0 Å². The second-order valence-electron chi connectivity index (χ2n) is 8.34. The minimum Gasteiger partial charge on any atom is -0.323 e. The highest BCUT2D eigenvalue weighted by Crippen LogP contribution is 2.25. The minimum absolute atomic E-state index is 0.187. The van der Waals surface area contributed by atoms with E-state index in [0.717, 1.165) is 30.9 Å². The van der Waals surface area contributed by atoms with E-state index in [-0.39, 0.29) is 5.41 Å². The fourth-order valence-corrected chi connectivity index (χ4v) is 3.33. The highest BCUT2D eigenvalue weighted by atomic mass is 15.1. The van der Waals surface area contributed by atoms with Crippen molar-refractivity contribution in [2.24, 2.45) is 0 Å². The maximum atomic E-state index is 4.93. The van der Waals surface area contributed by atoms with E-state index in [4.69, 9.17) is 4.98 Å². The van der Waals surface area contributed by atoms with Crippen molar-refractivity contribution in [3.63, 3.8) is 0 Å². The Hall–Kier alpha value is -2.13. The van der Waals surface area contributed by atoms with Crippen molar-refractivity contribution >= 4 is 11.0 Å². The molecule has 0 bridgehead atoms. The Bertz CT molecular complexity index is 896. The zero-order valence-corrected chi connectivity index (χ0v) is 17.0. The van der Waals surface area contributed by atoms with Gasteiger partial charge in [0.1, 0.15) is 5.82 Å². The number of likely N-dealkylation sites (N-methyl/N-ethyl adjacent to an activating group) is 1. The van der Waals surface area contributed by atoms with Crippen LogP contribution < -0.4 is 5.32 Å². The van der Waals surface area contributed by atoms with Gasteiger partial charge in [0.25, 0.3) is 0 Å². The molecule has 138 valence electrons. The van der Waals surface area contributed by atoms with Crippen molar-refractivity contribution in [1.82, 2.24) is 14.9 Å². The predicted molar refractivity (Wildman–Crippen MR) is 111 cm³/mol. The molecule has 3 rings (SSSR count). The molecule has 0 spiro atoms. The van der Waals surface area contributed by atoms with Crippen LogP contribution in [0.25, 0.3) is 11.0 Å². The summed E-state index contributed by atoms with van der Waals surface area (Å²) in [6.07, 6.45) is 0.934. The number of benzene rings is 2. The quantitative estimate of drug-likeness (QED) is 0.720. The molecule has 0 saturated heterocycles. The van der Waals surface area contributed by atoms with Gasteiger partial charge in [-0.3, -0.25) is 0 Å². The minimum atomic E-state index is 0.187. The first-order valence-electron chi connectivity index (χ1n) is 9.50. The number of nitrogens with one attached hydrogen (secondary N) is 1. The van der Waals surface area contributed by atoms with E-state index in [1.165, 1.54) is 27.8 Å². The normalized spacial score (nSPS) is 12.1. The summed E-state index contributed by atoms with van der Waals surface area (Å²) in [4.78, 5) is 4.93. The van der Waals surface area contributed by atoms with Gasteiger partial charge in [-0.25, -0.2) is 4.98 Å². The second-order valence-corrected chi connectivity index (χ2v) is 8.34. The van der Waals surface area contributed by atoms with Crippen LogP contribution in [0.2, 0.25) is 0 Å². The monoisotopic (exact) mass is 349 g/mol. The summed E-state index contributed by atoms with van der Waals surface area (Å²) in [6, 6.07) is 13.5. The summed E-state index contributed by atoms with van der Waals surface area (Å²) in [5, 5.41) is 3.25. The van der Waals surface area contributed by atoms with Gasteiger partial charge in [0.15, 0.2) is 0 Å². The van der Waals surface area contributed by atoms with Crippen molar-refractivity contribution in [3.8, 4) is 0 Å². The predicted octanol–water partition coefficient (Wildman–Crippen LogP) is 4.76. The molecule has 2 aromatic carbocycles. The Morgan fingerprint density at radius 3 is 2.27 bits per heavy atom. The summed E-state index contributed by atoms with van der Waals surface area (Å²) in [5.74, 6) is 1.15. The summed E-state index contributed by atoms with van der Waals surface area (Å²) < 4.78 is 2.38. The van der Waals surface area contributed by atoms with E-state index in [0.29, 0.717) is 0 Å². The summed E-state index contributed by atoms with van der Waals surface area (Å²) in [6.45, 7) is 12.9. The third-order valence-corrected chi connectivity index (χ3v) is 5.20. The van der Waals surface area contributed by atoms with Gasteiger partial charge in [-0.1, -0.05) is 45.0 Å². The highest BCUT2D eigenvalue weighted by Gasteiger charge is 2.15. The Morgan fingerprint density at radius 2 is 1.65 bits per heavy atom. The van der Waals surface area contributed by atoms with Crippen LogP contribution in [0, 0.1) is 13.8 Å². The molecule has 26 heavy (non-hydrogen) atoms. The Balaban J connectivity index is 2.00. The lowest BCUT2D eigenvalue weighted by Gasteiger charge is -2.19. The first-order valence-corrected chi connectivity index (χ1v) is 9.50. The van der Waals surface area contributed by atoms with Gasteiger partial charge in [0.2, 0.25) is 0 Å². The number of aryl methyl sites for hydroxylation is 2. The largest absolute Gasteiger partial charge is 0.323 e. The highest BCUT2D eigenvalue weighted by molar-refractivity contribution is 5.78. The van der Waals surface area contributed by atoms with Gasteiger partial charge in [0, 0.05) is 19.5 Å². The number of hydrogen-bond donors (Lipinski definition) is 1. The van der Waals surface area contributed by atoms with Gasteiger partial charge in [-0.15, -0.1) is 0 Å². The van der Waals surface area contributed by atoms with Crippen molar-refractivity contribution < 1.29 is 0 Å². The van der Waals surface area contributed by atoms with Gasteiger partial charge in [0.05, 0.1) is 11.0 Å². The topological polar surface area (TPSA) is 29.9 Å². The number of rotatable bonds is 5. The van der Waals surface area contributed by atoms with Crippen LogP contribution in [0.3, 0.4) is 0 Å². The molecule has 0 atom stereocenters. The van der Waals surface area contributed by atoms with E-state index < -0.39 is 0 Å². The molecule has 3 aromatic rings. The Labute approximate surface area is 157 Å². The molecule has 0 aliphatic carbocycles. The Kier molecular flexibility index (Phi) is 5.19. The van der Waals surface area contributed by atoms with Crippen LogP contribution in [-0.4, -0.2) is 23.1 Å². The molecule has 0 aliphatic heterocycles. The van der Waals surface area contributed by atoms with Crippen LogP contribution in [0.4, 0.5) is 0 Å². The Morgan fingerprint density at radius 1 is 1.00 bits per heavy atom. The van der Waals surface area contributed by atoms with Gasteiger partial charge in [-0.2, -0.15) is 0 Å². The average molecular weight is 350 g/mol. The first-order chi connectivity index (χ1) is 12.3. The van der Waals surface area contributed by atoms with Crippen LogP contribution >= 0.6 is 0 Å². The molecule has 1 heterocycles. The maximum Gasteiger partial charge on any atom is 0.111 e. The lowest BCUT2D eigenvalue weighted by atomic mass is 9.87. The van der Waals surface area contributed by atoms with E-state index in [1.54, 1.807) is 0 Å². The summed E-state index contributed by atoms with van der Waals surface area (Å²) in [5.41, 5.74) is 7.84. The molecule has 0 amide bonds. The summed E-state index contributed by atoms with van der Waals surface area (Å²) in [7, 11) is 1.99. The summed E-state index contributed by atoms with van der Waals surface area (Å²) >= 11 is 0. The maximum absolute atomic E-state index is 4.93. The van der Waals surface area contributed by atoms with Crippen molar-refractivity contribution in [1.29, 1.82) is 0 Å². The molecule has 3 heteroatoms. The van der Waals surface area contributed by atoms with Gasteiger partial charge < -0.3 is 9.88 Å². The average Bonchev–Trinajstić information content (AvgIpc) is 2.90. The van der Waals surface area contributed by atoms with Crippen molar-refractivity contribution in [2.75, 3.05) is 13.6 Å². The van der Waals surface area contributed by atoms with Crippen molar-refractivity contribution in [3.05, 3.63) is 64.5 Å². The molecular formula is C23H31N3. The third kappa shape index (κ3) is 3.83. The van der Waals surface area contributed by atoms with Gasteiger partial charge in [-0.05, 0) is 60.7 Å². The van der Waals surface area contributed by atoms with E-state index in [9.17, 15) is 0 Å². The molecule has 0 saturated carbocycles. The lowest BCUT2D eigenvalue weighted by molar-refractivity contribution is 0.589. The second kappa shape index (κ2) is 7.24. The van der Waals surface area contributed by atoms with E-state index in [1.807, 2.05) is 7.05 Å². The zero-order chi connectivity index (χ0) is 18.9. The van der Waals surface area contributed by atoms with Crippen LogP contribution in [0.5, 0.6) is 0 Å². The molecule has 1 aromatic heterocycles. The fraction of sp³-hybridized carbons (Fsp3) is 0.435. The molecule has 1 N–H and O–H groups in total. The smallest absolute Gasteiger partial charge is 0.111 e. The molecular weight excluding hydrogens is 318 g/mol. The first kappa shape index (κ1) is 18.7. The number of fused-ring (bicyclic) bond motifs is 1. The van der Waals surface area contributed by atoms with Crippen molar-refractivity contribution in [2.45, 2.75) is 53.0 Å². The standard InChI is InChI=1S/C23H31N3/c1-16-13-20-21(14-17(16)2)26(22(25-20)11-12-24-6)15-18-7-9-19(10-8-18)23(3,4)5/h7-10,13-14,24H,11-12,15H2,1-6H3. The van der Waals surface area contributed by atoms with Gasteiger partial charge >= 0.3 is 0 Å². The molecule has 0 aliphatic rings. The van der Waals surface area contributed by atoms with Crippen LogP contribution in [-0.2, 0) is 18.4 Å². The third-order valence-electron chi connectivity index (χ3n) is 5.20. The molecule has 0 unspecified atom stereocenters. The van der Waals surface area contributed by atoms with E-state index in [2.05, 4.69) is 80.9 Å². The number of nitrogens with zero attached hydrogens (tertiary/aromatic N) is 2. The fourth-order valence-electron chi connectivity index (χ4n) is 3.33. The SMILES string of the molecule is CNCCc1nc2cc(C)c(C)cc2n1Cc1ccc(C(C)(C)C)cc1. The number of aromatic nitrogens is 2. The van der Waals surface area contributed by atoms with Crippen LogP contribution in [0.1, 0.15) is 48.8 Å². The van der Waals surface area contributed by atoms with Crippen LogP contribution in [0.15, 0.2) is 36.4 Å². The molecule has 0 radical (unpaired) electrons. The zero-order valence-electron chi connectivity index (χ0n) is 17.0. The lowest BCUT2D eigenvalue weighted by Crippen LogP contribution is -2.15. The molecule has 3 nitrogen and oxygen atoms in total. The number of imidazole rings is 1.